The van der Waals surface area contributed by atoms with Gasteiger partial charge in [0.1, 0.15) is 11.5 Å². The van der Waals surface area contributed by atoms with E-state index in [1.807, 2.05) is 53.4 Å². The van der Waals surface area contributed by atoms with Gasteiger partial charge in [0.25, 0.3) is 0 Å². The number of amides is 2. The second-order valence-corrected chi connectivity index (χ2v) is 9.93. The lowest BCUT2D eigenvalue weighted by molar-refractivity contribution is -0.138. The molecule has 4 rings (SSSR count). The van der Waals surface area contributed by atoms with Gasteiger partial charge in [-0.05, 0) is 81.1 Å². The number of methoxy groups -OCH3 is 2. The molecule has 1 atom stereocenters. The van der Waals surface area contributed by atoms with Gasteiger partial charge in [-0.2, -0.15) is 0 Å². The van der Waals surface area contributed by atoms with Crippen molar-refractivity contribution in [2.24, 2.45) is 5.41 Å². The average Bonchev–Trinajstić information content (AvgIpc) is 3.22. The molecule has 0 aliphatic carbocycles. The molecule has 37 heavy (non-hydrogen) atoms. The molecule has 2 fully saturated rings. The van der Waals surface area contributed by atoms with E-state index in [2.05, 4.69) is 10.2 Å². The van der Waals surface area contributed by atoms with Crippen LogP contribution in [0.1, 0.15) is 49.8 Å². The molecular formula is C29H39N3O5. The van der Waals surface area contributed by atoms with Crippen LogP contribution in [0.4, 0.5) is 4.79 Å². The summed E-state index contributed by atoms with van der Waals surface area (Å²) in [6.45, 7) is 6.20. The molecule has 2 heterocycles. The smallest absolute Gasteiger partial charge is 0.407 e. The highest BCUT2D eigenvalue weighted by molar-refractivity contribution is 5.85. The molecule has 2 aromatic rings. The van der Waals surface area contributed by atoms with Gasteiger partial charge in [-0.25, -0.2) is 4.79 Å². The number of ether oxygens (including phenoxy) is 3. The number of nitrogens with one attached hydrogen (secondary N) is 1. The zero-order valence-corrected chi connectivity index (χ0v) is 22.2. The van der Waals surface area contributed by atoms with E-state index in [1.54, 1.807) is 21.1 Å². The van der Waals surface area contributed by atoms with E-state index >= 15 is 0 Å². The fourth-order valence-electron chi connectivity index (χ4n) is 5.45. The molecule has 0 aromatic heterocycles. The van der Waals surface area contributed by atoms with Crippen molar-refractivity contribution in [2.75, 3.05) is 47.0 Å². The standard InChI is InChI=1S/C29H39N3O5/c1-4-37-28(34)30-26(23-7-11-25(36-3)12-8-23)13-17-31-18-14-29(15-19-31)16-20-32(27(29)33)21-22-5-9-24(35-2)10-6-22/h5-12,26H,4,13-21H2,1-3H3,(H,30,34). The van der Waals surface area contributed by atoms with Crippen LogP contribution in [0.5, 0.6) is 11.5 Å². The van der Waals surface area contributed by atoms with Crippen LogP contribution in [0.25, 0.3) is 0 Å². The maximum atomic E-state index is 13.4. The lowest BCUT2D eigenvalue weighted by Gasteiger charge is -2.38. The third-order valence-corrected chi connectivity index (χ3v) is 7.77. The van der Waals surface area contributed by atoms with Gasteiger partial charge in [0, 0.05) is 19.6 Å². The number of hydrogen-bond donors (Lipinski definition) is 1. The highest BCUT2D eigenvalue weighted by Gasteiger charge is 2.47. The van der Waals surface area contributed by atoms with Crippen molar-refractivity contribution in [3.8, 4) is 11.5 Å². The van der Waals surface area contributed by atoms with Gasteiger partial charge < -0.3 is 29.3 Å². The molecule has 1 unspecified atom stereocenters. The molecule has 1 spiro atoms. The highest BCUT2D eigenvalue weighted by Crippen LogP contribution is 2.42. The topological polar surface area (TPSA) is 80.3 Å². The molecule has 2 saturated heterocycles. The molecule has 200 valence electrons. The van der Waals surface area contributed by atoms with Crippen molar-refractivity contribution in [1.29, 1.82) is 0 Å². The van der Waals surface area contributed by atoms with E-state index < -0.39 is 6.09 Å². The summed E-state index contributed by atoms with van der Waals surface area (Å²) in [6.07, 6.45) is 3.03. The molecule has 2 amide bonds. The van der Waals surface area contributed by atoms with Crippen LogP contribution < -0.4 is 14.8 Å². The van der Waals surface area contributed by atoms with Crippen molar-refractivity contribution in [3.05, 3.63) is 59.7 Å². The van der Waals surface area contributed by atoms with Gasteiger partial charge in [-0.1, -0.05) is 24.3 Å². The van der Waals surface area contributed by atoms with Crippen molar-refractivity contribution >= 4 is 12.0 Å². The zero-order chi connectivity index (χ0) is 26.3. The SMILES string of the molecule is CCOC(=O)NC(CCN1CCC2(CC1)CCN(Cc1ccc(OC)cc1)C2=O)c1ccc(OC)cc1. The maximum Gasteiger partial charge on any atom is 0.407 e. The van der Waals surface area contributed by atoms with E-state index in [1.165, 1.54) is 0 Å². The largest absolute Gasteiger partial charge is 0.497 e. The summed E-state index contributed by atoms with van der Waals surface area (Å²) in [7, 11) is 3.30. The van der Waals surface area contributed by atoms with Crippen LogP contribution in [0.2, 0.25) is 0 Å². The van der Waals surface area contributed by atoms with Crippen LogP contribution in [0.15, 0.2) is 48.5 Å². The van der Waals surface area contributed by atoms with E-state index in [9.17, 15) is 9.59 Å². The quantitative estimate of drug-likeness (QED) is 0.512. The van der Waals surface area contributed by atoms with Gasteiger partial charge >= 0.3 is 6.09 Å². The maximum absolute atomic E-state index is 13.4. The molecular weight excluding hydrogens is 470 g/mol. The number of nitrogens with zero attached hydrogens (tertiary/aromatic N) is 2. The number of likely N-dealkylation sites (tertiary alicyclic amines) is 2. The summed E-state index contributed by atoms with van der Waals surface area (Å²) in [5, 5.41) is 3.01. The summed E-state index contributed by atoms with van der Waals surface area (Å²) < 4.78 is 15.6. The molecule has 0 bridgehead atoms. The average molecular weight is 510 g/mol. The monoisotopic (exact) mass is 509 g/mol. The predicted molar refractivity (Wildman–Crippen MR) is 142 cm³/mol. The molecule has 8 nitrogen and oxygen atoms in total. The molecule has 2 aromatic carbocycles. The van der Waals surface area contributed by atoms with Gasteiger partial charge in [0.05, 0.1) is 32.3 Å². The van der Waals surface area contributed by atoms with E-state index in [0.717, 1.165) is 74.5 Å². The first-order valence-corrected chi connectivity index (χ1v) is 13.2. The second kappa shape index (κ2) is 12.3. The molecule has 8 heteroatoms. The van der Waals surface area contributed by atoms with Crippen molar-refractivity contribution in [1.82, 2.24) is 15.1 Å². The molecule has 0 radical (unpaired) electrons. The Morgan fingerprint density at radius 2 is 1.54 bits per heavy atom. The summed E-state index contributed by atoms with van der Waals surface area (Å²) in [4.78, 5) is 30.0. The van der Waals surface area contributed by atoms with E-state index in [-0.39, 0.29) is 11.5 Å². The predicted octanol–water partition coefficient (Wildman–Crippen LogP) is 4.40. The van der Waals surface area contributed by atoms with Crippen LogP contribution >= 0.6 is 0 Å². The summed E-state index contributed by atoms with van der Waals surface area (Å²) in [6, 6.07) is 15.6. The Morgan fingerprint density at radius 1 is 0.946 bits per heavy atom. The van der Waals surface area contributed by atoms with Gasteiger partial charge in [-0.15, -0.1) is 0 Å². The van der Waals surface area contributed by atoms with Crippen LogP contribution in [0.3, 0.4) is 0 Å². The Labute approximate surface area is 219 Å². The highest BCUT2D eigenvalue weighted by atomic mass is 16.5. The first-order valence-electron chi connectivity index (χ1n) is 13.2. The molecule has 2 aliphatic heterocycles. The molecule has 1 N–H and O–H groups in total. The number of benzene rings is 2. The number of piperidine rings is 1. The Bertz CT molecular complexity index is 1030. The normalized spacial score (nSPS) is 18.0. The fourth-order valence-corrected chi connectivity index (χ4v) is 5.45. The summed E-state index contributed by atoms with van der Waals surface area (Å²) >= 11 is 0. The minimum absolute atomic E-state index is 0.158. The van der Waals surface area contributed by atoms with Gasteiger partial charge in [0.15, 0.2) is 0 Å². The fraction of sp³-hybridized carbons (Fsp3) is 0.517. The van der Waals surface area contributed by atoms with Crippen molar-refractivity contribution in [3.63, 3.8) is 0 Å². The number of rotatable bonds is 10. The Hall–Kier alpha value is -3.26. The number of hydrogen-bond acceptors (Lipinski definition) is 6. The minimum atomic E-state index is -0.408. The van der Waals surface area contributed by atoms with Crippen molar-refractivity contribution < 1.29 is 23.8 Å². The third-order valence-electron chi connectivity index (χ3n) is 7.77. The first-order chi connectivity index (χ1) is 18.0. The minimum Gasteiger partial charge on any atom is -0.497 e. The van der Waals surface area contributed by atoms with Crippen LogP contribution in [0, 0.1) is 5.41 Å². The van der Waals surface area contributed by atoms with E-state index in [4.69, 9.17) is 14.2 Å². The Kier molecular flexibility index (Phi) is 8.92. The summed E-state index contributed by atoms with van der Waals surface area (Å²) in [5.41, 5.74) is 1.91. The first kappa shape index (κ1) is 26.8. The molecule has 2 aliphatic rings. The van der Waals surface area contributed by atoms with Crippen molar-refractivity contribution in [2.45, 2.75) is 45.2 Å². The van der Waals surface area contributed by atoms with Crippen LogP contribution in [-0.2, 0) is 16.1 Å². The van der Waals surface area contributed by atoms with Gasteiger partial charge in [-0.3, -0.25) is 4.79 Å². The summed E-state index contributed by atoms with van der Waals surface area (Å²) in [5.74, 6) is 1.90. The lowest BCUT2D eigenvalue weighted by atomic mass is 9.77. The van der Waals surface area contributed by atoms with Gasteiger partial charge in [0.2, 0.25) is 5.91 Å². The lowest BCUT2D eigenvalue weighted by Crippen LogP contribution is -2.45. The van der Waals surface area contributed by atoms with Crippen LogP contribution in [-0.4, -0.2) is 68.8 Å². The number of carbonyl (C=O) groups is 2. The Balaban J connectivity index is 1.31. The Morgan fingerprint density at radius 3 is 2.14 bits per heavy atom. The number of carbonyl (C=O) groups excluding carboxylic acids is 2. The zero-order valence-electron chi connectivity index (χ0n) is 22.2. The molecule has 0 saturated carbocycles. The second-order valence-electron chi connectivity index (χ2n) is 9.93. The number of alkyl carbamates (subject to hydrolysis) is 1. The third kappa shape index (κ3) is 6.55. The van der Waals surface area contributed by atoms with E-state index in [0.29, 0.717) is 19.1 Å².